The normalized spacial score (nSPS) is 10.5. The molecule has 0 nitrogen and oxygen atoms in total. The van der Waals surface area contributed by atoms with Crippen molar-refractivity contribution >= 4 is 31.9 Å². The maximum atomic E-state index is 3.59. The SMILES string of the molecule is CCCCCCc1c(Br)cccc1Br. The van der Waals surface area contributed by atoms with Crippen LogP contribution >= 0.6 is 31.9 Å². The van der Waals surface area contributed by atoms with Crippen molar-refractivity contribution in [2.24, 2.45) is 0 Å². The number of halogens is 2. The fraction of sp³-hybridized carbons (Fsp3) is 0.500. The molecule has 0 aromatic heterocycles. The molecule has 0 spiro atoms. The van der Waals surface area contributed by atoms with Gasteiger partial charge in [-0.25, -0.2) is 0 Å². The first-order valence-corrected chi connectivity index (χ1v) is 6.77. The third-order valence-electron chi connectivity index (χ3n) is 2.34. The maximum Gasteiger partial charge on any atom is 0.0218 e. The van der Waals surface area contributed by atoms with E-state index in [9.17, 15) is 0 Å². The minimum Gasteiger partial charge on any atom is -0.0654 e. The van der Waals surface area contributed by atoms with Crippen LogP contribution in [0.25, 0.3) is 0 Å². The van der Waals surface area contributed by atoms with Gasteiger partial charge in [-0.15, -0.1) is 0 Å². The molecule has 1 aromatic rings. The molecule has 0 aliphatic rings. The van der Waals surface area contributed by atoms with Gasteiger partial charge < -0.3 is 0 Å². The quantitative estimate of drug-likeness (QED) is 0.643. The summed E-state index contributed by atoms with van der Waals surface area (Å²) in [6, 6.07) is 6.28. The van der Waals surface area contributed by atoms with Crippen LogP contribution in [0.2, 0.25) is 0 Å². The van der Waals surface area contributed by atoms with Gasteiger partial charge in [-0.2, -0.15) is 0 Å². The summed E-state index contributed by atoms with van der Waals surface area (Å²) in [4.78, 5) is 0. The van der Waals surface area contributed by atoms with Crippen molar-refractivity contribution < 1.29 is 0 Å². The Bertz CT molecular complexity index is 261. The Balaban J connectivity index is 2.49. The fourth-order valence-corrected chi connectivity index (χ4v) is 2.89. The van der Waals surface area contributed by atoms with Gasteiger partial charge in [0.05, 0.1) is 0 Å². The first kappa shape index (κ1) is 12.3. The van der Waals surface area contributed by atoms with E-state index in [-0.39, 0.29) is 0 Å². The predicted molar refractivity (Wildman–Crippen MR) is 69.7 cm³/mol. The summed E-state index contributed by atoms with van der Waals surface area (Å²) in [5, 5.41) is 0. The Morgan fingerprint density at radius 1 is 1.00 bits per heavy atom. The first-order valence-electron chi connectivity index (χ1n) is 5.18. The zero-order chi connectivity index (χ0) is 10.4. The lowest BCUT2D eigenvalue weighted by molar-refractivity contribution is 0.665. The van der Waals surface area contributed by atoms with Gasteiger partial charge in [0.1, 0.15) is 0 Å². The molecule has 0 radical (unpaired) electrons. The molecule has 0 fully saturated rings. The van der Waals surface area contributed by atoms with E-state index in [4.69, 9.17) is 0 Å². The highest BCUT2D eigenvalue weighted by Gasteiger charge is 2.03. The molecule has 0 saturated carbocycles. The third kappa shape index (κ3) is 3.74. The van der Waals surface area contributed by atoms with Gasteiger partial charge in [0.25, 0.3) is 0 Å². The zero-order valence-electron chi connectivity index (χ0n) is 8.52. The van der Waals surface area contributed by atoms with Crippen molar-refractivity contribution in [2.45, 2.75) is 39.0 Å². The number of rotatable bonds is 5. The summed E-state index contributed by atoms with van der Waals surface area (Å²) in [6.45, 7) is 2.24. The van der Waals surface area contributed by atoms with E-state index in [0.717, 1.165) is 0 Å². The van der Waals surface area contributed by atoms with E-state index in [1.165, 1.54) is 46.6 Å². The van der Waals surface area contributed by atoms with Crippen molar-refractivity contribution in [3.05, 3.63) is 32.7 Å². The summed E-state index contributed by atoms with van der Waals surface area (Å²) in [7, 11) is 0. The summed E-state index contributed by atoms with van der Waals surface area (Å²) in [5.41, 5.74) is 1.41. The molecule has 0 aliphatic carbocycles. The van der Waals surface area contributed by atoms with E-state index >= 15 is 0 Å². The molecule has 0 aliphatic heterocycles. The molecule has 1 rings (SSSR count). The van der Waals surface area contributed by atoms with E-state index in [1.807, 2.05) is 0 Å². The minimum absolute atomic E-state index is 1.17. The lowest BCUT2D eigenvalue weighted by atomic mass is 10.1. The molecule has 0 N–H and O–H groups in total. The summed E-state index contributed by atoms with van der Waals surface area (Å²) in [5.74, 6) is 0. The van der Waals surface area contributed by atoms with Crippen LogP contribution in [-0.2, 0) is 6.42 Å². The molecule has 0 amide bonds. The van der Waals surface area contributed by atoms with E-state index < -0.39 is 0 Å². The summed E-state index contributed by atoms with van der Waals surface area (Å²) < 4.78 is 2.45. The van der Waals surface area contributed by atoms with Crippen LogP contribution in [0.3, 0.4) is 0 Å². The Kier molecular flexibility index (Phi) is 5.80. The van der Waals surface area contributed by atoms with Crippen LogP contribution < -0.4 is 0 Å². The molecule has 0 atom stereocenters. The molecule has 2 heteroatoms. The molecular formula is C12H16Br2. The topological polar surface area (TPSA) is 0 Å². The number of hydrogen-bond donors (Lipinski definition) is 0. The number of unbranched alkanes of at least 4 members (excludes halogenated alkanes) is 3. The second-order valence-electron chi connectivity index (χ2n) is 3.51. The van der Waals surface area contributed by atoms with E-state index in [1.54, 1.807) is 0 Å². The average Bonchev–Trinajstić information content (AvgIpc) is 2.16. The minimum atomic E-state index is 1.17. The Morgan fingerprint density at radius 2 is 1.64 bits per heavy atom. The Labute approximate surface area is 103 Å². The molecule has 1 aromatic carbocycles. The van der Waals surface area contributed by atoms with Crippen molar-refractivity contribution in [3.63, 3.8) is 0 Å². The van der Waals surface area contributed by atoms with Crippen LogP contribution in [0, 0.1) is 0 Å². The molecule has 0 unspecified atom stereocenters. The molecular weight excluding hydrogens is 304 g/mol. The third-order valence-corrected chi connectivity index (χ3v) is 3.83. The van der Waals surface area contributed by atoms with Gasteiger partial charge in [-0.1, -0.05) is 64.1 Å². The van der Waals surface area contributed by atoms with Gasteiger partial charge >= 0.3 is 0 Å². The van der Waals surface area contributed by atoms with Crippen LogP contribution in [0.1, 0.15) is 38.2 Å². The molecule has 0 heterocycles. The van der Waals surface area contributed by atoms with Gasteiger partial charge in [0, 0.05) is 8.95 Å². The highest BCUT2D eigenvalue weighted by Crippen LogP contribution is 2.26. The first-order chi connectivity index (χ1) is 6.75. The van der Waals surface area contributed by atoms with Gasteiger partial charge in [0.2, 0.25) is 0 Å². The summed E-state index contributed by atoms with van der Waals surface area (Å²) >= 11 is 7.17. The zero-order valence-corrected chi connectivity index (χ0v) is 11.7. The fourth-order valence-electron chi connectivity index (χ4n) is 1.50. The van der Waals surface area contributed by atoms with Gasteiger partial charge in [-0.05, 0) is 30.5 Å². The van der Waals surface area contributed by atoms with Crippen molar-refractivity contribution in [3.8, 4) is 0 Å². The molecule has 0 saturated heterocycles. The van der Waals surface area contributed by atoms with E-state index in [0.29, 0.717) is 0 Å². The smallest absolute Gasteiger partial charge is 0.0218 e. The van der Waals surface area contributed by atoms with Gasteiger partial charge in [0.15, 0.2) is 0 Å². The summed E-state index contributed by atoms with van der Waals surface area (Å²) in [6.07, 6.45) is 6.44. The Hall–Kier alpha value is 0.180. The molecule has 78 valence electrons. The Morgan fingerprint density at radius 3 is 2.21 bits per heavy atom. The highest BCUT2D eigenvalue weighted by atomic mass is 79.9. The largest absolute Gasteiger partial charge is 0.0654 e. The van der Waals surface area contributed by atoms with Crippen LogP contribution in [0.15, 0.2) is 27.1 Å². The van der Waals surface area contributed by atoms with E-state index in [2.05, 4.69) is 57.0 Å². The lowest BCUT2D eigenvalue weighted by Gasteiger charge is -2.06. The molecule has 14 heavy (non-hydrogen) atoms. The monoisotopic (exact) mass is 318 g/mol. The number of hydrogen-bond acceptors (Lipinski definition) is 0. The maximum absolute atomic E-state index is 3.59. The highest BCUT2D eigenvalue weighted by molar-refractivity contribution is 9.11. The van der Waals surface area contributed by atoms with Crippen molar-refractivity contribution in [1.29, 1.82) is 0 Å². The van der Waals surface area contributed by atoms with Crippen LogP contribution in [-0.4, -0.2) is 0 Å². The standard InChI is InChI=1S/C12H16Br2/c1-2-3-4-5-7-10-11(13)8-6-9-12(10)14/h6,8-9H,2-5,7H2,1H3. The predicted octanol–water partition coefficient (Wildman–Crippen LogP) is 5.33. The van der Waals surface area contributed by atoms with Crippen molar-refractivity contribution in [1.82, 2.24) is 0 Å². The lowest BCUT2D eigenvalue weighted by Crippen LogP contribution is -1.89. The van der Waals surface area contributed by atoms with Gasteiger partial charge in [-0.3, -0.25) is 0 Å². The second kappa shape index (κ2) is 6.62. The molecule has 0 bridgehead atoms. The van der Waals surface area contributed by atoms with Crippen LogP contribution in [0.5, 0.6) is 0 Å². The van der Waals surface area contributed by atoms with Crippen LogP contribution in [0.4, 0.5) is 0 Å². The average molecular weight is 320 g/mol. The van der Waals surface area contributed by atoms with Crippen molar-refractivity contribution in [2.75, 3.05) is 0 Å². The second-order valence-corrected chi connectivity index (χ2v) is 5.22. The number of benzene rings is 1.